The Hall–Kier alpha value is -3.32. The monoisotopic (exact) mass is 478 g/mol. The summed E-state index contributed by atoms with van der Waals surface area (Å²) in [5, 5.41) is 6.77. The molecular weight excluding hydrogens is 448 g/mol. The maximum Gasteiger partial charge on any atom is 0.408 e. The molecule has 0 aliphatic heterocycles. The van der Waals surface area contributed by atoms with Crippen LogP contribution in [0.3, 0.4) is 0 Å². The number of hydrogen-bond acceptors (Lipinski definition) is 5. The summed E-state index contributed by atoms with van der Waals surface area (Å²) >= 11 is 1.43. The minimum absolute atomic E-state index is 0.0815. The Labute approximate surface area is 202 Å². The number of carbonyl (C=O) groups is 1. The molecule has 2 N–H and O–H groups in total. The van der Waals surface area contributed by atoms with Gasteiger partial charge in [-0.3, -0.25) is 4.79 Å². The molecule has 6 nitrogen and oxygen atoms in total. The van der Waals surface area contributed by atoms with Gasteiger partial charge in [-0.2, -0.15) is 0 Å². The first-order chi connectivity index (χ1) is 15.9. The highest BCUT2D eigenvalue weighted by Gasteiger charge is 2.27. The molecule has 0 bridgehead atoms. The molecule has 0 saturated heterocycles. The third-order valence-corrected chi connectivity index (χ3v) is 6.71. The molecule has 2 aromatic carbocycles. The molecule has 0 aliphatic rings. The van der Waals surface area contributed by atoms with Gasteiger partial charge < -0.3 is 19.8 Å². The maximum atomic E-state index is 12.6. The second kappa shape index (κ2) is 8.47. The molecule has 178 valence electrons. The molecular formula is C27H30N2O4S. The zero-order valence-corrected chi connectivity index (χ0v) is 21.4. The van der Waals surface area contributed by atoms with Crippen LogP contribution in [-0.4, -0.2) is 23.8 Å². The molecule has 7 heteroatoms. The Morgan fingerprint density at radius 2 is 1.74 bits per heavy atom. The van der Waals surface area contributed by atoms with Crippen LogP contribution in [0.1, 0.15) is 45.7 Å². The molecule has 34 heavy (non-hydrogen) atoms. The quantitative estimate of drug-likeness (QED) is 0.351. The first kappa shape index (κ1) is 23.8. The molecule has 2 heterocycles. The third-order valence-electron chi connectivity index (χ3n) is 5.80. The van der Waals surface area contributed by atoms with Crippen molar-refractivity contribution in [2.75, 3.05) is 7.11 Å². The van der Waals surface area contributed by atoms with Crippen LogP contribution < -0.4 is 15.6 Å². The first-order valence-corrected chi connectivity index (χ1v) is 12.0. The van der Waals surface area contributed by atoms with E-state index >= 15 is 0 Å². The van der Waals surface area contributed by atoms with Crippen molar-refractivity contribution >= 4 is 38.4 Å². The number of amides is 1. The van der Waals surface area contributed by atoms with E-state index < -0.39 is 17.2 Å². The summed E-state index contributed by atoms with van der Waals surface area (Å²) in [5.41, 5.74) is 3.29. The van der Waals surface area contributed by atoms with Gasteiger partial charge >= 0.3 is 6.09 Å². The molecule has 2 aromatic heterocycles. The van der Waals surface area contributed by atoms with Crippen molar-refractivity contribution in [1.29, 1.82) is 0 Å². The molecule has 1 amide bonds. The summed E-state index contributed by atoms with van der Waals surface area (Å²) in [4.78, 5) is 28.0. The van der Waals surface area contributed by atoms with Gasteiger partial charge in [0.2, 0.25) is 0 Å². The van der Waals surface area contributed by atoms with Crippen LogP contribution in [0.4, 0.5) is 4.79 Å². The number of aromatic nitrogens is 1. The maximum absolute atomic E-state index is 12.6. The average molecular weight is 479 g/mol. The lowest BCUT2D eigenvalue weighted by Gasteiger charge is -2.29. The van der Waals surface area contributed by atoms with Gasteiger partial charge in [-0.05, 0) is 75.7 Å². The number of carbonyl (C=O) groups excluding carboxylic acids is 1. The third kappa shape index (κ3) is 4.40. The van der Waals surface area contributed by atoms with Gasteiger partial charge in [-0.25, -0.2) is 4.79 Å². The molecule has 4 rings (SSSR count). The van der Waals surface area contributed by atoms with E-state index in [4.69, 9.17) is 9.47 Å². The predicted molar refractivity (Wildman–Crippen MR) is 139 cm³/mol. The van der Waals surface area contributed by atoms with E-state index in [1.54, 1.807) is 7.11 Å². The van der Waals surface area contributed by atoms with Crippen LogP contribution in [0.5, 0.6) is 5.75 Å². The van der Waals surface area contributed by atoms with Crippen LogP contribution >= 0.6 is 11.3 Å². The van der Waals surface area contributed by atoms with Gasteiger partial charge in [0.1, 0.15) is 16.1 Å². The van der Waals surface area contributed by atoms with Crippen LogP contribution in [0.15, 0.2) is 46.6 Å². The lowest BCUT2D eigenvalue weighted by Crippen LogP contribution is -2.43. The Morgan fingerprint density at radius 3 is 2.35 bits per heavy atom. The standard InChI is InChI=1S/C27H30N2O4S/c1-15-14-19(32-7)20(21-18-12-13-34-23(18)24(30)28-22(15)21)16-8-10-17(11-9-16)27(5,6)29-25(31)33-26(2,3)4/h8-14H,1-7H3,(H,28,30)(H,29,31). The van der Waals surface area contributed by atoms with Gasteiger partial charge in [0.05, 0.1) is 18.2 Å². The highest BCUT2D eigenvalue weighted by atomic mass is 32.1. The van der Waals surface area contributed by atoms with Crippen molar-refractivity contribution in [3.63, 3.8) is 0 Å². The predicted octanol–water partition coefficient (Wildman–Crippen LogP) is 6.49. The molecule has 0 atom stereocenters. The SMILES string of the molecule is COc1cc(C)c2[nH]c(=O)c3sccc3c2c1-c1ccc(C(C)(C)NC(=O)OC(C)(C)C)cc1. The number of alkyl carbamates (subject to hydrolysis) is 1. The first-order valence-electron chi connectivity index (χ1n) is 11.1. The zero-order chi connectivity index (χ0) is 24.8. The van der Waals surface area contributed by atoms with Crippen molar-refractivity contribution in [3.8, 4) is 16.9 Å². The largest absolute Gasteiger partial charge is 0.496 e. The number of fused-ring (bicyclic) bond motifs is 3. The number of hydrogen-bond donors (Lipinski definition) is 2. The van der Waals surface area contributed by atoms with Crippen molar-refractivity contribution in [2.24, 2.45) is 0 Å². The molecule has 0 fully saturated rings. The van der Waals surface area contributed by atoms with Crippen LogP contribution in [0, 0.1) is 6.92 Å². The van der Waals surface area contributed by atoms with Crippen molar-refractivity contribution in [3.05, 3.63) is 63.3 Å². The van der Waals surface area contributed by atoms with E-state index in [1.807, 2.05) is 83.3 Å². The number of nitrogens with one attached hydrogen (secondary N) is 2. The molecule has 0 aliphatic carbocycles. The van der Waals surface area contributed by atoms with Gasteiger partial charge in [0.15, 0.2) is 0 Å². The minimum atomic E-state index is -0.633. The Kier molecular flexibility index (Phi) is 5.94. The fourth-order valence-corrected chi connectivity index (χ4v) is 5.00. The van der Waals surface area contributed by atoms with Crippen molar-refractivity contribution in [2.45, 2.75) is 52.7 Å². The van der Waals surface area contributed by atoms with Gasteiger partial charge in [-0.15, -0.1) is 11.3 Å². The highest BCUT2D eigenvalue weighted by molar-refractivity contribution is 7.17. The second-order valence-electron chi connectivity index (χ2n) is 9.97. The fraction of sp³-hybridized carbons (Fsp3) is 0.333. The molecule has 0 radical (unpaired) electrons. The molecule has 0 saturated carbocycles. The van der Waals surface area contributed by atoms with Crippen LogP contribution in [-0.2, 0) is 10.3 Å². The number of methoxy groups -OCH3 is 1. The fourth-order valence-electron chi connectivity index (χ4n) is 4.20. The van der Waals surface area contributed by atoms with Gasteiger partial charge in [-0.1, -0.05) is 24.3 Å². The summed E-state index contributed by atoms with van der Waals surface area (Å²) in [7, 11) is 1.66. The summed E-state index contributed by atoms with van der Waals surface area (Å²) in [5.74, 6) is 0.739. The Balaban J connectivity index is 1.82. The summed E-state index contributed by atoms with van der Waals surface area (Å²) < 4.78 is 11.9. The second-order valence-corrected chi connectivity index (χ2v) is 10.9. The summed E-state index contributed by atoms with van der Waals surface area (Å²) in [6.45, 7) is 11.4. The number of H-pyrrole nitrogens is 1. The number of thiophene rings is 1. The highest BCUT2D eigenvalue weighted by Crippen LogP contribution is 2.42. The lowest BCUT2D eigenvalue weighted by atomic mass is 9.90. The van der Waals surface area contributed by atoms with E-state index in [1.165, 1.54) is 11.3 Å². The van der Waals surface area contributed by atoms with E-state index in [2.05, 4.69) is 10.3 Å². The Morgan fingerprint density at radius 1 is 1.06 bits per heavy atom. The number of aromatic amines is 1. The number of ether oxygens (including phenoxy) is 2. The molecule has 0 unspecified atom stereocenters. The van der Waals surface area contributed by atoms with Gasteiger partial charge in [0.25, 0.3) is 5.56 Å². The van der Waals surface area contributed by atoms with Gasteiger partial charge in [0, 0.05) is 16.3 Å². The number of aryl methyl sites for hydroxylation is 1. The number of pyridine rings is 1. The summed E-state index contributed by atoms with van der Waals surface area (Å²) in [6.07, 6.45) is -0.462. The zero-order valence-electron chi connectivity index (χ0n) is 20.6. The van der Waals surface area contributed by atoms with Crippen LogP contribution in [0.2, 0.25) is 0 Å². The van der Waals surface area contributed by atoms with Crippen molar-refractivity contribution < 1.29 is 14.3 Å². The summed E-state index contributed by atoms with van der Waals surface area (Å²) in [6, 6.07) is 12.0. The number of benzene rings is 2. The van der Waals surface area contributed by atoms with Crippen LogP contribution in [0.25, 0.3) is 32.1 Å². The average Bonchev–Trinajstić information content (AvgIpc) is 3.23. The van der Waals surface area contributed by atoms with E-state index in [0.29, 0.717) is 4.70 Å². The van der Waals surface area contributed by atoms with E-state index in [0.717, 1.165) is 44.3 Å². The van der Waals surface area contributed by atoms with Crippen molar-refractivity contribution in [1.82, 2.24) is 10.3 Å². The smallest absolute Gasteiger partial charge is 0.408 e. The minimum Gasteiger partial charge on any atom is -0.496 e. The van der Waals surface area contributed by atoms with E-state index in [-0.39, 0.29) is 5.56 Å². The lowest BCUT2D eigenvalue weighted by molar-refractivity contribution is 0.0470. The molecule has 0 spiro atoms. The normalized spacial score (nSPS) is 12.2. The Bertz CT molecular complexity index is 1440. The van der Waals surface area contributed by atoms with E-state index in [9.17, 15) is 9.59 Å². The molecule has 4 aromatic rings. The number of rotatable bonds is 4. The topological polar surface area (TPSA) is 80.4 Å².